The Morgan fingerprint density at radius 3 is 2.82 bits per heavy atom. The van der Waals surface area contributed by atoms with E-state index in [1.807, 2.05) is 56.4 Å². The highest BCUT2D eigenvalue weighted by Gasteiger charge is 2.13. The maximum absolute atomic E-state index is 5.40. The van der Waals surface area contributed by atoms with Crippen LogP contribution in [0.4, 0.5) is 0 Å². The van der Waals surface area contributed by atoms with Gasteiger partial charge in [0.05, 0.1) is 5.52 Å². The molecular formula is C16H13N5O. The minimum Gasteiger partial charge on any atom is -0.334 e. The van der Waals surface area contributed by atoms with Crippen LogP contribution in [-0.4, -0.2) is 25.1 Å². The number of fused-ring (bicyclic) bond motifs is 1. The molecule has 6 heteroatoms. The van der Waals surface area contributed by atoms with Gasteiger partial charge in [-0.25, -0.2) is 4.68 Å². The van der Waals surface area contributed by atoms with Crippen LogP contribution >= 0.6 is 0 Å². The van der Waals surface area contributed by atoms with Crippen molar-refractivity contribution in [3.63, 3.8) is 0 Å². The van der Waals surface area contributed by atoms with E-state index in [4.69, 9.17) is 4.52 Å². The Balaban J connectivity index is 1.78. The summed E-state index contributed by atoms with van der Waals surface area (Å²) in [5, 5.41) is 12.2. The Bertz CT molecular complexity index is 970. The summed E-state index contributed by atoms with van der Waals surface area (Å²) in [5.74, 6) is 1.07. The van der Waals surface area contributed by atoms with Gasteiger partial charge in [0.1, 0.15) is 5.52 Å². The van der Waals surface area contributed by atoms with Crippen molar-refractivity contribution in [2.45, 2.75) is 6.92 Å². The van der Waals surface area contributed by atoms with Crippen molar-refractivity contribution < 1.29 is 4.52 Å². The monoisotopic (exact) mass is 291 g/mol. The van der Waals surface area contributed by atoms with Gasteiger partial charge in [-0.1, -0.05) is 28.6 Å². The van der Waals surface area contributed by atoms with Gasteiger partial charge < -0.3 is 4.52 Å². The van der Waals surface area contributed by atoms with E-state index in [9.17, 15) is 0 Å². The third kappa shape index (κ3) is 1.96. The molecule has 0 N–H and O–H groups in total. The summed E-state index contributed by atoms with van der Waals surface area (Å²) in [5.41, 5.74) is 4.68. The second-order valence-electron chi connectivity index (χ2n) is 5.15. The van der Waals surface area contributed by atoms with E-state index in [0.717, 1.165) is 27.7 Å². The van der Waals surface area contributed by atoms with Crippen LogP contribution in [-0.2, 0) is 7.05 Å². The summed E-state index contributed by atoms with van der Waals surface area (Å²) in [6, 6.07) is 13.7. The first-order valence-electron chi connectivity index (χ1n) is 6.92. The van der Waals surface area contributed by atoms with Crippen molar-refractivity contribution >= 4 is 11.0 Å². The molecule has 2 heterocycles. The molecule has 0 atom stereocenters. The van der Waals surface area contributed by atoms with Gasteiger partial charge >= 0.3 is 0 Å². The number of aryl methyl sites for hydroxylation is 2. The molecule has 0 bridgehead atoms. The lowest BCUT2D eigenvalue weighted by Gasteiger charge is -1.98. The van der Waals surface area contributed by atoms with Crippen molar-refractivity contribution in [3.8, 4) is 22.8 Å². The van der Waals surface area contributed by atoms with Crippen molar-refractivity contribution in [1.82, 2.24) is 25.1 Å². The van der Waals surface area contributed by atoms with E-state index >= 15 is 0 Å². The fourth-order valence-corrected chi connectivity index (χ4v) is 2.44. The molecule has 108 valence electrons. The number of hydrogen-bond acceptors (Lipinski definition) is 5. The predicted molar refractivity (Wildman–Crippen MR) is 82.0 cm³/mol. The van der Waals surface area contributed by atoms with Crippen LogP contribution in [0.1, 0.15) is 5.56 Å². The number of aromatic nitrogens is 5. The first-order valence-corrected chi connectivity index (χ1v) is 6.92. The topological polar surface area (TPSA) is 69.6 Å². The van der Waals surface area contributed by atoms with E-state index in [0.29, 0.717) is 11.7 Å². The molecule has 2 aromatic carbocycles. The summed E-state index contributed by atoms with van der Waals surface area (Å²) in [6.45, 7) is 2.02. The molecule has 0 radical (unpaired) electrons. The van der Waals surface area contributed by atoms with Crippen LogP contribution in [0.25, 0.3) is 33.9 Å². The zero-order chi connectivity index (χ0) is 15.1. The second-order valence-corrected chi connectivity index (χ2v) is 5.15. The average molecular weight is 291 g/mol. The molecule has 0 saturated carbocycles. The predicted octanol–water partition coefficient (Wildman–Crippen LogP) is 2.99. The van der Waals surface area contributed by atoms with Crippen molar-refractivity contribution in [2.75, 3.05) is 0 Å². The Morgan fingerprint density at radius 2 is 1.95 bits per heavy atom. The van der Waals surface area contributed by atoms with Gasteiger partial charge in [0.2, 0.25) is 5.82 Å². The standard InChI is InChI=1S/C16H13N5O/c1-10-5-3-4-6-12(10)16-17-15(19-22-16)11-7-8-14-13(9-11)18-20-21(14)2/h3-9H,1-2H3. The molecule has 0 aliphatic rings. The lowest BCUT2D eigenvalue weighted by atomic mass is 10.1. The van der Waals surface area contributed by atoms with Gasteiger partial charge in [-0.3, -0.25) is 0 Å². The molecular weight excluding hydrogens is 278 g/mol. The smallest absolute Gasteiger partial charge is 0.258 e. The summed E-state index contributed by atoms with van der Waals surface area (Å²) < 4.78 is 7.13. The molecule has 4 aromatic rings. The van der Waals surface area contributed by atoms with E-state index < -0.39 is 0 Å². The fourth-order valence-electron chi connectivity index (χ4n) is 2.44. The zero-order valence-corrected chi connectivity index (χ0v) is 12.2. The molecule has 22 heavy (non-hydrogen) atoms. The minimum absolute atomic E-state index is 0.521. The summed E-state index contributed by atoms with van der Waals surface area (Å²) >= 11 is 0. The van der Waals surface area contributed by atoms with Gasteiger partial charge in [0, 0.05) is 18.2 Å². The summed E-state index contributed by atoms with van der Waals surface area (Å²) in [6.07, 6.45) is 0. The lowest BCUT2D eigenvalue weighted by Crippen LogP contribution is -1.89. The van der Waals surface area contributed by atoms with Gasteiger partial charge in [0.25, 0.3) is 5.89 Å². The van der Waals surface area contributed by atoms with Gasteiger partial charge in [-0.15, -0.1) is 5.10 Å². The highest BCUT2D eigenvalue weighted by molar-refractivity contribution is 5.80. The highest BCUT2D eigenvalue weighted by Crippen LogP contribution is 2.26. The van der Waals surface area contributed by atoms with Crippen LogP contribution in [0.15, 0.2) is 47.0 Å². The lowest BCUT2D eigenvalue weighted by molar-refractivity contribution is 0.432. The quantitative estimate of drug-likeness (QED) is 0.568. The van der Waals surface area contributed by atoms with E-state index in [2.05, 4.69) is 20.5 Å². The van der Waals surface area contributed by atoms with E-state index in [1.54, 1.807) is 4.68 Å². The van der Waals surface area contributed by atoms with Crippen LogP contribution in [0, 0.1) is 6.92 Å². The van der Waals surface area contributed by atoms with Crippen molar-refractivity contribution in [1.29, 1.82) is 0 Å². The summed E-state index contributed by atoms with van der Waals surface area (Å²) in [7, 11) is 1.86. The molecule has 2 aromatic heterocycles. The van der Waals surface area contributed by atoms with Gasteiger partial charge in [-0.05, 0) is 36.8 Å². The largest absolute Gasteiger partial charge is 0.334 e. The molecule has 0 fully saturated rings. The Morgan fingerprint density at radius 1 is 1.09 bits per heavy atom. The maximum Gasteiger partial charge on any atom is 0.258 e. The Kier molecular flexibility index (Phi) is 2.75. The molecule has 6 nitrogen and oxygen atoms in total. The van der Waals surface area contributed by atoms with Crippen LogP contribution in [0.5, 0.6) is 0 Å². The molecule has 0 spiro atoms. The van der Waals surface area contributed by atoms with Gasteiger partial charge in [-0.2, -0.15) is 4.98 Å². The normalized spacial score (nSPS) is 11.2. The highest BCUT2D eigenvalue weighted by atomic mass is 16.5. The second kappa shape index (κ2) is 4.77. The van der Waals surface area contributed by atoms with Crippen LogP contribution in [0.3, 0.4) is 0 Å². The Hall–Kier alpha value is -3.02. The molecule has 0 amide bonds. The molecule has 0 aliphatic carbocycles. The minimum atomic E-state index is 0.521. The SMILES string of the molecule is Cc1ccccc1-c1nc(-c2ccc3c(c2)nnn3C)no1. The fraction of sp³-hybridized carbons (Fsp3) is 0.125. The first-order chi connectivity index (χ1) is 10.7. The van der Waals surface area contributed by atoms with E-state index in [-0.39, 0.29) is 0 Å². The molecule has 0 aliphatic heterocycles. The van der Waals surface area contributed by atoms with Crippen molar-refractivity contribution in [3.05, 3.63) is 48.0 Å². The van der Waals surface area contributed by atoms with Crippen LogP contribution in [0.2, 0.25) is 0 Å². The number of hydrogen-bond donors (Lipinski definition) is 0. The number of benzene rings is 2. The third-order valence-corrected chi connectivity index (χ3v) is 3.67. The molecule has 0 saturated heterocycles. The Labute approximate surface area is 126 Å². The number of nitrogens with zero attached hydrogens (tertiary/aromatic N) is 5. The number of rotatable bonds is 2. The molecule has 0 unspecified atom stereocenters. The van der Waals surface area contributed by atoms with Crippen LogP contribution < -0.4 is 0 Å². The third-order valence-electron chi connectivity index (χ3n) is 3.67. The average Bonchev–Trinajstić information content (AvgIpc) is 3.15. The van der Waals surface area contributed by atoms with E-state index in [1.165, 1.54) is 0 Å². The zero-order valence-electron chi connectivity index (χ0n) is 12.2. The molecule has 4 rings (SSSR count). The summed E-state index contributed by atoms with van der Waals surface area (Å²) in [4.78, 5) is 4.49. The first kappa shape index (κ1) is 12.7. The van der Waals surface area contributed by atoms with Crippen molar-refractivity contribution in [2.24, 2.45) is 7.05 Å². The maximum atomic E-state index is 5.40. The van der Waals surface area contributed by atoms with Gasteiger partial charge in [0.15, 0.2) is 0 Å².